The van der Waals surface area contributed by atoms with Gasteiger partial charge in [0.05, 0.1) is 19.1 Å². The van der Waals surface area contributed by atoms with Crippen LogP contribution in [-0.4, -0.2) is 24.4 Å². The molecular formula is C7H14N2O3. The van der Waals surface area contributed by atoms with Gasteiger partial charge in [0.2, 0.25) is 5.91 Å². The average Bonchev–Trinajstić information content (AvgIpc) is 2.30. The maximum absolute atomic E-state index is 10.9. The van der Waals surface area contributed by atoms with Gasteiger partial charge in [-0.2, -0.15) is 0 Å². The molecule has 0 spiro atoms. The highest BCUT2D eigenvalue weighted by Crippen LogP contribution is 2.25. The first kappa shape index (κ1) is 9.44. The monoisotopic (exact) mass is 174 g/mol. The molecule has 5 heteroatoms. The first-order valence-corrected chi connectivity index (χ1v) is 3.87. The van der Waals surface area contributed by atoms with Gasteiger partial charge in [-0.25, -0.2) is 5.84 Å². The highest BCUT2D eigenvalue weighted by atomic mass is 16.7. The fourth-order valence-corrected chi connectivity index (χ4v) is 1.22. The molecule has 5 nitrogen and oxygen atoms in total. The van der Waals surface area contributed by atoms with Crippen LogP contribution in [0.15, 0.2) is 0 Å². The third-order valence-electron chi connectivity index (χ3n) is 1.72. The fraction of sp³-hybridized carbons (Fsp3) is 0.857. The Kier molecular flexibility index (Phi) is 2.66. The number of hydrogen-bond donors (Lipinski definition) is 2. The lowest BCUT2D eigenvalue weighted by molar-refractivity contribution is -0.165. The zero-order chi connectivity index (χ0) is 9.19. The number of rotatable bonds is 2. The van der Waals surface area contributed by atoms with Crippen LogP contribution in [0.4, 0.5) is 0 Å². The van der Waals surface area contributed by atoms with Gasteiger partial charge in [-0.3, -0.25) is 10.2 Å². The summed E-state index contributed by atoms with van der Waals surface area (Å²) in [4.78, 5) is 10.9. The van der Waals surface area contributed by atoms with Gasteiger partial charge in [-0.05, 0) is 13.8 Å². The van der Waals surface area contributed by atoms with Crippen molar-refractivity contribution >= 4 is 5.91 Å². The number of hydrazine groups is 1. The van der Waals surface area contributed by atoms with Crippen molar-refractivity contribution in [1.29, 1.82) is 0 Å². The molecule has 2 atom stereocenters. The summed E-state index contributed by atoms with van der Waals surface area (Å²) in [6.07, 6.45) is 0.175. The smallest absolute Gasteiger partial charge is 0.239 e. The van der Waals surface area contributed by atoms with E-state index in [-0.39, 0.29) is 18.4 Å². The Balaban J connectivity index is 2.45. The molecular weight excluding hydrogens is 160 g/mol. The minimum atomic E-state index is -0.803. The van der Waals surface area contributed by atoms with E-state index in [0.717, 1.165) is 0 Å². The lowest BCUT2D eigenvalue weighted by Crippen LogP contribution is -2.38. The van der Waals surface area contributed by atoms with Crippen LogP contribution >= 0.6 is 0 Å². The lowest BCUT2D eigenvalue weighted by Gasteiger charge is -2.21. The molecule has 12 heavy (non-hydrogen) atoms. The van der Waals surface area contributed by atoms with Crippen LogP contribution in [0.5, 0.6) is 0 Å². The van der Waals surface area contributed by atoms with E-state index in [9.17, 15) is 4.79 Å². The SMILES string of the molecule is C[C@H]1CO[C@](C)(CC(=O)NN)O1. The molecule has 70 valence electrons. The molecule has 1 aliphatic heterocycles. The van der Waals surface area contributed by atoms with E-state index in [2.05, 4.69) is 0 Å². The Morgan fingerprint density at radius 3 is 2.92 bits per heavy atom. The molecule has 0 aromatic rings. The Morgan fingerprint density at radius 2 is 2.50 bits per heavy atom. The number of nitrogens with two attached hydrogens (primary N) is 1. The molecule has 1 saturated heterocycles. The number of carbonyl (C=O) groups is 1. The van der Waals surface area contributed by atoms with E-state index < -0.39 is 5.79 Å². The Labute approximate surface area is 71.2 Å². The summed E-state index contributed by atoms with van der Waals surface area (Å²) in [6, 6.07) is 0. The van der Waals surface area contributed by atoms with Crippen molar-refractivity contribution in [2.75, 3.05) is 6.61 Å². The second kappa shape index (κ2) is 3.38. The minimum Gasteiger partial charge on any atom is -0.347 e. The van der Waals surface area contributed by atoms with Crippen LogP contribution in [0.2, 0.25) is 0 Å². The van der Waals surface area contributed by atoms with Gasteiger partial charge in [0.25, 0.3) is 0 Å². The van der Waals surface area contributed by atoms with Crippen molar-refractivity contribution < 1.29 is 14.3 Å². The summed E-state index contributed by atoms with van der Waals surface area (Å²) in [7, 11) is 0. The first-order chi connectivity index (χ1) is 5.56. The van der Waals surface area contributed by atoms with Gasteiger partial charge in [-0.15, -0.1) is 0 Å². The van der Waals surface area contributed by atoms with Gasteiger partial charge in [0, 0.05) is 0 Å². The number of ether oxygens (including phenoxy) is 2. The van der Waals surface area contributed by atoms with Crippen molar-refractivity contribution in [3.05, 3.63) is 0 Å². The van der Waals surface area contributed by atoms with Crippen LogP contribution in [0, 0.1) is 0 Å². The second-order valence-electron chi connectivity index (χ2n) is 3.12. The molecule has 1 heterocycles. The van der Waals surface area contributed by atoms with E-state index in [0.29, 0.717) is 6.61 Å². The molecule has 1 rings (SSSR count). The van der Waals surface area contributed by atoms with E-state index in [1.165, 1.54) is 0 Å². The van der Waals surface area contributed by atoms with Crippen molar-refractivity contribution in [3.8, 4) is 0 Å². The molecule has 0 saturated carbocycles. The first-order valence-electron chi connectivity index (χ1n) is 3.87. The highest BCUT2D eigenvalue weighted by molar-refractivity contribution is 5.76. The molecule has 1 fully saturated rings. The quantitative estimate of drug-likeness (QED) is 0.337. The van der Waals surface area contributed by atoms with Crippen LogP contribution in [-0.2, 0) is 14.3 Å². The maximum Gasteiger partial charge on any atom is 0.239 e. The number of nitrogens with one attached hydrogen (secondary N) is 1. The zero-order valence-electron chi connectivity index (χ0n) is 7.29. The van der Waals surface area contributed by atoms with Crippen molar-refractivity contribution in [2.24, 2.45) is 5.84 Å². The Bertz CT molecular complexity index is 185. The van der Waals surface area contributed by atoms with Gasteiger partial charge >= 0.3 is 0 Å². The van der Waals surface area contributed by atoms with Crippen LogP contribution in [0.3, 0.4) is 0 Å². The summed E-state index contributed by atoms with van der Waals surface area (Å²) < 4.78 is 10.7. The minimum absolute atomic E-state index is 0.0422. The van der Waals surface area contributed by atoms with Crippen molar-refractivity contribution in [1.82, 2.24) is 5.43 Å². The maximum atomic E-state index is 10.9. The highest BCUT2D eigenvalue weighted by Gasteiger charge is 2.36. The van der Waals surface area contributed by atoms with E-state index >= 15 is 0 Å². The number of carbonyl (C=O) groups excluding carboxylic acids is 1. The predicted octanol–water partition coefficient (Wildman–Crippen LogP) is -0.482. The molecule has 0 radical (unpaired) electrons. The van der Waals surface area contributed by atoms with Crippen molar-refractivity contribution in [2.45, 2.75) is 32.2 Å². The standard InChI is InChI=1S/C7H14N2O3/c1-5-4-11-7(2,12-5)3-6(10)9-8/h5H,3-4,8H2,1-2H3,(H,9,10)/t5-,7-/m0/s1. The second-order valence-corrected chi connectivity index (χ2v) is 3.12. The zero-order valence-corrected chi connectivity index (χ0v) is 7.29. The summed E-state index contributed by atoms with van der Waals surface area (Å²) in [5.74, 6) is 3.84. The summed E-state index contributed by atoms with van der Waals surface area (Å²) in [5, 5.41) is 0. The summed E-state index contributed by atoms with van der Waals surface area (Å²) in [6.45, 7) is 4.14. The van der Waals surface area contributed by atoms with Gasteiger partial charge in [-0.1, -0.05) is 0 Å². The molecule has 3 N–H and O–H groups in total. The molecule has 0 aromatic carbocycles. The molecule has 1 amide bonds. The predicted molar refractivity (Wildman–Crippen MR) is 41.9 cm³/mol. The lowest BCUT2D eigenvalue weighted by atomic mass is 10.2. The molecule has 0 aromatic heterocycles. The Hall–Kier alpha value is -0.650. The fourth-order valence-electron chi connectivity index (χ4n) is 1.22. The van der Waals surface area contributed by atoms with Crippen molar-refractivity contribution in [3.63, 3.8) is 0 Å². The third-order valence-corrected chi connectivity index (χ3v) is 1.72. The molecule has 0 bridgehead atoms. The third kappa shape index (κ3) is 2.17. The topological polar surface area (TPSA) is 73.6 Å². The average molecular weight is 174 g/mol. The largest absolute Gasteiger partial charge is 0.347 e. The van der Waals surface area contributed by atoms with Gasteiger partial charge in [0.1, 0.15) is 0 Å². The van der Waals surface area contributed by atoms with E-state index in [1.54, 1.807) is 6.92 Å². The molecule has 1 aliphatic rings. The molecule has 0 aliphatic carbocycles. The Morgan fingerprint density at radius 1 is 1.83 bits per heavy atom. The summed E-state index contributed by atoms with van der Waals surface area (Å²) in [5.41, 5.74) is 2.03. The number of hydrogen-bond acceptors (Lipinski definition) is 4. The van der Waals surface area contributed by atoms with Crippen LogP contribution < -0.4 is 11.3 Å². The van der Waals surface area contributed by atoms with Crippen LogP contribution in [0.25, 0.3) is 0 Å². The van der Waals surface area contributed by atoms with E-state index in [4.69, 9.17) is 15.3 Å². The van der Waals surface area contributed by atoms with Crippen LogP contribution in [0.1, 0.15) is 20.3 Å². The normalized spacial score (nSPS) is 35.1. The number of amides is 1. The van der Waals surface area contributed by atoms with Gasteiger partial charge in [0.15, 0.2) is 5.79 Å². The van der Waals surface area contributed by atoms with Gasteiger partial charge < -0.3 is 9.47 Å². The molecule has 0 unspecified atom stereocenters. The summed E-state index contributed by atoms with van der Waals surface area (Å²) >= 11 is 0. The van der Waals surface area contributed by atoms with E-state index in [1.807, 2.05) is 12.3 Å².